The quantitative estimate of drug-likeness (QED) is 0.652. The van der Waals surface area contributed by atoms with Crippen molar-refractivity contribution in [2.75, 3.05) is 7.11 Å². The summed E-state index contributed by atoms with van der Waals surface area (Å²) in [5.74, 6) is -0.684. The molecule has 0 aliphatic rings. The number of hydrogen-bond acceptors (Lipinski definition) is 5. The number of ether oxygens (including phenoxy) is 2. The molecule has 0 aliphatic heterocycles. The Labute approximate surface area is 158 Å². The zero-order chi connectivity index (χ0) is 19.9. The van der Waals surface area contributed by atoms with Crippen molar-refractivity contribution in [1.82, 2.24) is 5.32 Å². The first kappa shape index (κ1) is 21.0. The molecule has 0 saturated heterocycles. The lowest BCUT2D eigenvalue weighted by molar-refractivity contribution is 0.134. The van der Waals surface area contributed by atoms with Crippen LogP contribution in [0, 0.1) is 0 Å². The van der Waals surface area contributed by atoms with E-state index >= 15 is 0 Å². The van der Waals surface area contributed by atoms with Gasteiger partial charge in [-0.25, -0.2) is 4.79 Å². The maximum absolute atomic E-state index is 12.7. The van der Waals surface area contributed by atoms with Gasteiger partial charge in [-0.2, -0.15) is 0 Å². The number of methoxy groups -OCH3 is 1. The molecule has 27 heavy (non-hydrogen) atoms. The van der Waals surface area contributed by atoms with Crippen LogP contribution in [0.15, 0.2) is 54.6 Å². The first-order valence-corrected chi connectivity index (χ1v) is 10.1. The predicted molar refractivity (Wildman–Crippen MR) is 102 cm³/mol. The Morgan fingerprint density at radius 3 is 2.30 bits per heavy atom. The van der Waals surface area contributed by atoms with Crippen LogP contribution in [0.4, 0.5) is 4.79 Å². The maximum Gasteiger partial charge on any atom is 0.408 e. The Kier molecular flexibility index (Phi) is 7.42. The zero-order valence-corrected chi connectivity index (χ0v) is 16.4. The van der Waals surface area contributed by atoms with Gasteiger partial charge >= 0.3 is 13.7 Å². The minimum Gasteiger partial charge on any atom is -0.497 e. The van der Waals surface area contributed by atoms with Crippen molar-refractivity contribution in [3.63, 3.8) is 0 Å². The lowest BCUT2D eigenvalue weighted by Gasteiger charge is -2.25. The fraction of sp³-hybridized carbons (Fsp3) is 0.316. The van der Waals surface area contributed by atoms with E-state index in [0.29, 0.717) is 11.3 Å². The lowest BCUT2D eigenvalue weighted by Crippen LogP contribution is -2.30. The Morgan fingerprint density at radius 1 is 1.11 bits per heavy atom. The maximum atomic E-state index is 12.7. The van der Waals surface area contributed by atoms with Gasteiger partial charge in [-0.1, -0.05) is 42.5 Å². The third kappa shape index (κ3) is 6.40. The molecule has 146 valence electrons. The molecule has 0 spiro atoms. The Hall–Kier alpha value is -2.34. The second-order valence-electron chi connectivity index (χ2n) is 6.10. The van der Waals surface area contributed by atoms with E-state index < -0.39 is 25.6 Å². The number of carbonyl (C=O) groups excluding carboxylic acids is 1. The molecule has 0 aliphatic carbocycles. The first-order valence-electron chi connectivity index (χ1n) is 8.44. The van der Waals surface area contributed by atoms with Crippen LogP contribution in [0.3, 0.4) is 0 Å². The molecule has 2 rings (SSSR count). The smallest absolute Gasteiger partial charge is 0.408 e. The summed E-state index contributed by atoms with van der Waals surface area (Å²) in [4.78, 5) is 22.6. The molecule has 0 fully saturated rings. The second-order valence-corrected chi connectivity index (χ2v) is 7.96. The molecule has 0 bridgehead atoms. The highest BCUT2D eigenvalue weighted by atomic mass is 31.2. The highest BCUT2D eigenvalue weighted by Crippen LogP contribution is 2.56. The summed E-state index contributed by atoms with van der Waals surface area (Å²) in [5.41, 5.74) is 1.21. The van der Waals surface area contributed by atoms with Crippen molar-refractivity contribution >= 4 is 13.7 Å². The molecule has 0 aromatic heterocycles. The monoisotopic (exact) mass is 393 g/mol. The van der Waals surface area contributed by atoms with Gasteiger partial charge in [0.15, 0.2) is 5.78 Å². The summed E-state index contributed by atoms with van der Waals surface area (Å²) in [7, 11) is -2.69. The van der Waals surface area contributed by atoms with Crippen molar-refractivity contribution in [1.29, 1.82) is 0 Å². The van der Waals surface area contributed by atoms with Gasteiger partial charge in [0.1, 0.15) is 12.4 Å². The Morgan fingerprint density at radius 2 is 1.74 bits per heavy atom. The normalized spacial score (nSPS) is 14.3. The molecule has 0 radical (unpaired) electrons. The molecule has 2 N–H and O–H groups in total. The molecule has 0 saturated carbocycles. The number of rotatable bonds is 8. The van der Waals surface area contributed by atoms with E-state index in [2.05, 4.69) is 5.32 Å². The molecule has 0 heterocycles. The van der Waals surface area contributed by atoms with Gasteiger partial charge in [0.05, 0.1) is 13.2 Å². The average molecular weight is 393 g/mol. The van der Waals surface area contributed by atoms with Crippen molar-refractivity contribution in [2.24, 2.45) is 0 Å². The molecule has 2 atom stereocenters. The summed E-state index contributed by atoms with van der Waals surface area (Å²) in [6.07, 6.45) is -1.31. The molecule has 1 amide bonds. The highest BCUT2D eigenvalue weighted by Gasteiger charge is 2.36. The SMILES string of the molecule is COc1ccc(C(NC(=O)OCc2ccccc2)P(=O)(O)OC(C)C)cc1. The largest absolute Gasteiger partial charge is 0.497 e. The first-order chi connectivity index (χ1) is 12.8. The number of alkyl carbamates (subject to hydrolysis) is 1. The molecule has 2 aromatic rings. The van der Waals surface area contributed by atoms with E-state index in [1.165, 1.54) is 7.11 Å². The van der Waals surface area contributed by atoms with Gasteiger partial charge in [-0.05, 0) is 37.1 Å². The molecule has 7 nitrogen and oxygen atoms in total. The molecule has 2 aromatic carbocycles. The van der Waals surface area contributed by atoms with E-state index in [0.717, 1.165) is 5.56 Å². The summed E-state index contributed by atoms with van der Waals surface area (Å²) >= 11 is 0. The third-order valence-corrected chi connectivity index (χ3v) is 5.39. The summed E-state index contributed by atoms with van der Waals surface area (Å²) < 4.78 is 28.2. The van der Waals surface area contributed by atoms with E-state index in [-0.39, 0.29) is 6.61 Å². The van der Waals surface area contributed by atoms with Crippen molar-refractivity contribution in [3.05, 3.63) is 65.7 Å². The van der Waals surface area contributed by atoms with Gasteiger partial charge in [0.2, 0.25) is 0 Å². The van der Waals surface area contributed by atoms with E-state index in [1.807, 2.05) is 30.3 Å². The Bertz CT molecular complexity index is 779. The van der Waals surface area contributed by atoms with Crippen LogP contribution in [0.1, 0.15) is 30.8 Å². The van der Waals surface area contributed by atoms with E-state index in [1.54, 1.807) is 38.1 Å². The summed E-state index contributed by atoms with van der Waals surface area (Å²) in [5, 5.41) is 2.45. The third-order valence-electron chi connectivity index (χ3n) is 3.59. The van der Waals surface area contributed by atoms with Gasteiger partial charge in [-0.15, -0.1) is 0 Å². The van der Waals surface area contributed by atoms with Crippen molar-refractivity contribution < 1.29 is 28.3 Å². The predicted octanol–water partition coefficient (Wildman–Crippen LogP) is 4.23. The summed E-state index contributed by atoms with van der Waals surface area (Å²) in [6.45, 7) is 3.33. The zero-order valence-electron chi connectivity index (χ0n) is 15.5. The van der Waals surface area contributed by atoms with Crippen LogP contribution in [0.5, 0.6) is 5.75 Å². The second kappa shape index (κ2) is 9.55. The average Bonchev–Trinajstić information content (AvgIpc) is 2.64. The van der Waals surface area contributed by atoms with Crippen LogP contribution in [-0.4, -0.2) is 24.2 Å². The molecular formula is C19H24NO6P. The number of nitrogens with one attached hydrogen (secondary N) is 1. The van der Waals surface area contributed by atoms with E-state index in [9.17, 15) is 14.3 Å². The van der Waals surface area contributed by atoms with Gasteiger partial charge in [0, 0.05) is 0 Å². The minimum absolute atomic E-state index is 0.0444. The fourth-order valence-corrected chi connectivity index (χ4v) is 3.92. The van der Waals surface area contributed by atoms with Crippen LogP contribution in [0.25, 0.3) is 0 Å². The van der Waals surface area contributed by atoms with Crippen LogP contribution in [-0.2, 0) is 20.4 Å². The van der Waals surface area contributed by atoms with Crippen LogP contribution < -0.4 is 10.1 Å². The minimum atomic E-state index is -4.21. The Balaban J connectivity index is 2.15. The molecule has 8 heteroatoms. The molecular weight excluding hydrogens is 369 g/mol. The van der Waals surface area contributed by atoms with E-state index in [4.69, 9.17) is 14.0 Å². The van der Waals surface area contributed by atoms with Crippen LogP contribution in [0.2, 0.25) is 0 Å². The van der Waals surface area contributed by atoms with Crippen molar-refractivity contribution in [2.45, 2.75) is 32.3 Å². The number of hydrogen-bond donors (Lipinski definition) is 2. The highest BCUT2D eigenvalue weighted by molar-refractivity contribution is 7.53. The number of benzene rings is 2. The molecule has 2 unspecified atom stereocenters. The van der Waals surface area contributed by atoms with Gasteiger partial charge in [-0.3, -0.25) is 4.57 Å². The topological polar surface area (TPSA) is 94.1 Å². The number of amides is 1. The summed E-state index contributed by atoms with van der Waals surface area (Å²) in [6, 6.07) is 15.6. The van der Waals surface area contributed by atoms with Gasteiger partial charge in [0.25, 0.3) is 0 Å². The van der Waals surface area contributed by atoms with Crippen LogP contribution >= 0.6 is 7.60 Å². The number of carbonyl (C=O) groups is 1. The fourth-order valence-electron chi connectivity index (χ4n) is 2.38. The van der Waals surface area contributed by atoms with Crippen molar-refractivity contribution in [3.8, 4) is 5.75 Å². The standard InChI is InChI=1S/C19H24NO6P/c1-14(2)26-27(22,23)18(16-9-11-17(24-3)12-10-16)20-19(21)25-13-15-7-5-4-6-8-15/h4-12,14,18H,13H2,1-3H3,(H,20,21)(H,22,23). The lowest BCUT2D eigenvalue weighted by atomic mass is 10.2. The van der Waals surface area contributed by atoms with Gasteiger partial charge < -0.3 is 24.2 Å².